The molecule has 0 atom stereocenters. The van der Waals surface area contributed by atoms with Crippen molar-refractivity contribution in [3.63, 3.8) is 0 Å². The highest BCUT2D eigenvalue weighted by atomic mass is 14.8. The Labute approximate surface area is 326 Å². The number of benzene rings is 5. The summed E-state index contributed by atoms with van der Waals surface area (Å²) in [5.74, 6) is 0. The number of nitrogens with zero attached hydrogens (tertiary/aromatic N) is 4. The summed E-state index contributed by atoms with van der Waals surface area (Å²) in [6.07, 6.45) is 3.67. The van der Waals surface area contributed by atoms with Crippen molar-refractivity contribution < 1.29 is 0 Å². The highest BCUT2D eigenvalue weighted by Gasteiger charge is 2.38. The van der Waals surface area contributed by atoms with Gasteiger partial charge in [-0.3, -0.25) is 9.97 Å². The summed E-state index contributed by atoms with van der Waals surface area (Å²) in [7, 11) is 0. The molecular weight excluding hydrogens is 681 g/mol. The summed E-state index contributed by atoms with van der Waals surface area (Å²) in [6, 6.07) is 52.3. The molecule has 5 aromatic carbocycles. The van der Waals surface area contributed by atoms with Gasteiger partial charge in [0.15, 0.2) is 0 Å². The van der Waals surface area contributed by atoms with E-state index in [1.165, 1.54) is 44.5 Å². The Morgan fingerprint density at radius 1 is 0.321 bits per heavy atom. The highest BCUT2D eigenvalue weighted by Crippen LogP contribution is 2.56. The van der Waals surface area contributed by atoms with Gasteiger partial charge in [-0.1, -0.05) is 100 Å². The van der Waals surface area contributed by atoms with Crippen LogP contribution in [0.5, 0.6) is 0 Å². The first-order valence-corrected chi connectivity index (χ1v) is 19.4. The third-order valence-corrected chi connectivity index (χ3v) is 12.4. The first-order chi connectivity index (χ1) is 27.3. The van der Waals surface area contributed by atoms with Crippen molar-refractivity contribution in [2.45, 2.75) is 38.5 Å². The first-order valence-electron chi connectivity index (χ1n) is 19.4. The minimum atomic E-state index is -0.187. The summed E-state index contributed by atoms with van der Waals surface area (Å²) in [5, 5.41) is 4.63. The van der Waals surface area contributed by atoms with Gasteiger partial charge >= 0.3 is 0 Å². The third kappa shape index (κ3) is 4.65. The number of hydrogen-bond donors (Lipinski definition) is 0. The lowest BCUT2D eigenvalue weighted by molar-refractivity contribution is 0.661. The van der Waals surface area contributed by atoms with Gasteiger partial charge < -0.3 is 0 Å². The van der Waals surface area contributed by atoms with Crippen molar-refractivity contribution in [2.24, 2.45) is 0 Å². The summed E-state index contributed by atoms with van der Waals surface area (Å²) in [5.41, 5.74) is 17.6. The molecule has 0 fully saturated rings. The van der Waals surface area contributed by atoms with E-state index in [-0.39, 0.29) is 10.8 Å². The van der Waals surface area contributed by atoms with Crippen LogP contribution in [0.2, 0.25) is 0 Å². The molecule has 4 heteroatoms. The molecule has 9 aromatic rings. The monoisotopic (exact) mass is 718 g/mol. The fourth-order valence-corrected chi connectivity index (χ4v) is 9.63. The zero-order valence-corrected chi connectivity index (χ0v) is 31.8. The van der Waals surface area contributed by atoms with Crippen LogP contribution in [0, 0.1) is 0 Å². The van der Waals surface area contributed by atoms with Gasteiger partial charge in [0.25, 0.3) is 0 Å². The van der Waals surface area contributed by atoms with E-state index in [2.05, 4.69) is 137 Å². The zero-order chi connectivity index (χ0) is 37.8. The van der Waals surface area contributed by atoms with Crippen molar-refractivity contribution in [3.05, 3.63) is 180 Å². The maximum atomic E-state index is 5.42. The van der Waals surface area contributed by atoms with Gasteiger partial charge in [0.1, 0.15) is 0 Å². The van der Waals surface area contributed by atoms with Crippen LogP contribution >= 0.6 is 0 Å². The van der Waals surface area contributed by atoms with E-state index < -0.39 is 0 Å². The lowest BCUT2D eigenvalue weighted by Crippen LogP contribution is -2.15. The SMILES string of the molecule is CC1(C)c2ccccc2-c2cc3c(-c4cccc(-c5ccccn5)n4)c4cc5c(cc4c(-c4cccc(-c6ccccn6)n4)c3cc21)-c1ccccc1C5(C)C. The van der Waals surface area contributed by atoms with E-state index in [0.717, 1.165) is 66.8 Å². The number of hydrogen-bond acceptors (Lipinski definition) is 4. The van der Waals surface area contributed by atoms with Crippen LogP contribution in [-0.4, -0.2) is 19.9 Å². The molecule has 2 aliphatic carbocycles. The molecule has 4 nitrogen and oxygen atoms in total. The number of fused-ring (bicyclic) bond motifs is 8. The first kappa shape index (κ1) is 32.6. The van der Waals surface area contributed by atoms with Crippen molar-refractivity contribution in [1.82, 2.24) is 19.9 Å². The molecule has 4 heterocycles. The lowest BCUT2D eigenvalue weighted by Gasteiger charge is -2.25. The molecule has 0 saturated carbocycles. The minimum absolute atomic E-state index is 0.187. The molecule has 56 heavy (non-hydrogen) atoms. The summed E-state index contributed by atoms with van der Waals surface area (Å²) >= 11 is 0. The molecule has 11 rings (SSSR count). The molecular formula is C52H38N4. The van der Waals surface area contributed by atoms with Crippen LogP contribution < -0.4 is 0 Å². The second-order valence-corrected chi connectivity index (χ2v) is 16.2. The van der Waals surface area contributed by atoms with Gasteiger partial charge in [-0.15, -0.1) is 0 Å². The minimum Gasteiger partial charge on any atom is -0.255 e. The second kappa shape index (κ2) is 11.9. The van der Waals surface area contributed by atoms with Crippen molar-refractivity contribution >= 4 is 21.5 Å². The normalized spacial score (nSPS) is 14.4. The Kier molecular flexibility index (Phi) is 6.91. The Balaban J connectivity index is 1.33. The number of rotatable bonds is 4. The van der Waals surface area contributed by atoms with Crippen LogP contribution in [0.3, 0.4) is 0 Å². The van der Waals surface area contributed by atoms with E-state index in [9.17, 15) is 0 Å². The van der Waals surface area contributed by atoms with Gasteiger partial charge in [-0.05, 0) is 139 Å². The lowest BCUT2D eigenvalue weighted by atomic mass is 9.78. The predicted octanol–water partition coefficient (Wildman–Crippen LogP) is 12.9. The van der Waals surface area contributed by atoms with Crippen LogP contribution in [-0.2, 0) is 10.8 Å². The molecule has 0 unspecified atom stereocenters. The number of pyridine rings is 4. The van der Waals surface area contributed by atoms with Crippen LogP contribution in [0.4, 0.5) is 0 Å². The summed E-state index contributed by atoms with van der Waals surface area (Å²) in [4.78, 5) is 20.2. The molecule has 0 spiro atoms. The molecule has 4 aromatic heterocycles. The average molecular weight is 719 g/mol. The molecule has 266 valence electrons. The summed E-state index contributed by atoms with van der Waals surface area (Å²) in [6.45, 7) is 9.42. The van der Waals surface area contributed by atoms with E-state index in [0.29, 0.717) is 0 Å². The van der Waals surface area contributed by atoms with Crippen LogP contribution in [0.1, 0.15) is 49.9 Å². The molecule has 0 radical (unpaired) electrons. The maximum Gasteiger partial charge on any atom is 0.0893 e. The molecule has 0 aliphatic heterocycles. The van der Waals surface area contributed by atoms with E-state index in [1.54, 1.807) is 0 Å². The van der Waals surface area contributed by atoms with E-state index in [4.69, 9.17) is 19.9 Å². The van der Waals surface area contributed by atoms with E-state index >= 15 is 0 Å². The smallest absolute Gasteiger partial charge is 0.0893 e. The van der Waals surface area contributed by atoms with Gasteiger partial charge in [-0.2, -0.15) is 0 Å². The Hall–Kier alpha value is -6.78. The largest absolute Gasteiger partial charge is 0.255 e. The van der Waals surface area contributed by atoms with E-state index in [1.807, 2.05) is 48.8 Å². The molecule has 0 N–H and O–H groups in total. The van der Waals surface area contributed by atoms with Gasteiger partial charge in [-0.25, -0.2) is 9.97 Å². The van der Waals surface area contributed by atoms with Crippen molar-refractivity contribution in [2.75, 3.05) is 0 Å². The van der Waals surface area contributed by atoms with Gasteiger partial charge in [0.2, 0.25) is 0 Å². The van der Waals surface area contributed by atoms with Crippen LogP contribution in [0.25, 0.3) is 89.1 Å². The fourth-order valence-electron chi connectivity index (χ4n) is 9.63. The van der Waals surface area contributed by atoms with Crippen LogP contribution in [0.15, 0.2) is 158 Å². The second-order valence-electron chi connectivity index (χ2n) is 16.2. The average Bonchev–Trinajstić information content (AvgIpc) is 3.60. The topological polar surface area (TPSA) is 51.6 Å². The summed E-state index contributed by atoms with van der Waals surface area (Å²) < 4.78 is 0. The molecule has 0 saturated heterocycles. The standard InChI is InChI=1S/C52H38N4/c1-51(2)39-17-7-5-15-31(39)33-27-35-37(29-41(33)51)49(47-23-13-21-45(55-47)43-19-9-11-25-53-43)36-28-34-32-16-6-8-18-40(32)52(3,4)42(34)30-38(36)50(35)48-24-14-22-46(56-48)44-20-10-12-26-54-44/h5-30H,1-4H3. The fraction of sp³-hybridized carbons (Fsp3) is 0.115. The Morgan fingerprint density at radius 2 is 0.696 bits per heavy atom. The maximum absolute atomic E-state index is 5.42. The highest BCUT2D eigenvalue weighted by molar-refractivity contribution is 6.23. The van der Waals surface area contributed by atoms with Gasteiger partial charge in [0, 0.05) is 34.4 Å². The predicted molar refractivity (Wildman–Crippen MR) is 230 cm³/mol. The van der Waals surface area contributed by atoms with Crippen molar-refractivity contribution in [1.29, 1.82) is 0 Å². The van der Waals surface area contributed by atoms with Gasteiger partial charge in [0.05, 0.1) is 34.2 Å². The molecule has 0 amide bonds. The number of aromatic nitrogens is 4. The quantitative estimate of drug-likeness (QED) is 0.170. The zero-order valence-electron chi connectivity index (χ0n) is 31.8. The molecule has 2 aliphatic rings. The Bertz CT molecular complexity index is 2860. The Morgan fingerprint density at radius 3 is 1.12 bits per heavy atom. The van der Waals surface area contributed by atoms with Crippen molar-refractivity contribution in [3.8, 4) is 67.5 Å². The third-order valence-electron chi connectivity index (χ3n) is 12.4. The molecule has 0 bridgehead atoms.